The summed E-state index contributed by atoms with van der Waals surface area (Å²) in [5, 5.41) is 2.96. The smallest absolute Gasteiger partial charge is 0.251 e. The Morgan fingerprint density at radius 3 is 2.31 bits per heavy atom. The van der Waals surface area contributed by atoms with Crippen molar-refractivity contribution in [2.45, 2.75) is 38.3 Å². The maximum atomic E-state index is 13.2. The second-order valence-corrected chi connectivity index (χ2v) is 12.3. The lowest BCUT2D eigenvalue weighted by molar-refractivity contribution is 0.0950. The number of piperazine rings is 1. The first-order valence-electron chi connectivity index (χ1n) is 12.6. The summed E-state index contributed by atoms with van der Waals surface area (Å²) in [4.78, 5) is 17.9. The maximum absolute atomic E-state index is 13.2. The van der Waals surface area contributed by atoms with Gasteiger partial charge in [-0.2, -0.15) is 4.31 Å². The molecule has 4 rings (SSSR count). The number of hydrogen-bond acceptors (Lipinski definition) is 5. The van der Waals surface area contributed by atoms with Crippen LogP contribution in [0.25, 0.3) is 0 Å². The van der Waals surface area contributed by atoms with Gasteiger partial charge in [-0.1, -0.05) is 44.2 Å². The number of likely N-dealkylation sites (N-methyl/N-ethyl adjacent to an activating group) is 1. The monoisotopic (exact) mass is 498 g/mol. The van der Waals surface area contributed by atoms with Crippen LogP contribution >= 0.6 is 0 Å². The molecule has 0 bridgehead atoms. The van der Waals surface area contributed by atoms with E-state index in [1.807, 2.05) is 12.1 Å². The Bertz CT molecular complexity index is 1120. The number of carbonyl (C=O) groups is 1. The number of carbonyl (C=O) groups excluding carboxylic acids is 1. The first-order valence-corrected chi connectivity index (χ1v) is 14.0. The van der Waals surface area contributed by atoms with Gasteiger partial charge in [0.1, 0.15) is 0 Å². The summed E-state index contributed by atoms with van der Waals surface area (Å²) >= 11 is 0. The van der Waals surface area contributed by atoms with Gasteiger partial charge in [0.25, 0.3) is 5.91 Å². The lowest BCUT2D eigenvalue weighted by Crippen LogP contribution is -2.43. The van der Waals surface area contributed by atoms with E-state index in [-0.39, 0.29) is 10.8 Å². The summed E-state index contributed by atoms with van der Waals surface area (Å²) in [5.74, 6) is 0.381. The van der Waals surface area contributed by atoms with Gasteiger partial charge in [-0.25, -0.2) is 8.42 Å². The molecule has 0 spiro atoms. The Labute approximate surface area is 210 Å². The number of nitrogens with zero attached hydrogens (tertiary/aromatic N) is 3. The minimum atomic E-state index is -3.63. The number of rotatable bonds is 7. The number of nitrogens with one attached hydrogen (secondary N) is 1. The molecule has 2 aliphatic heterocycles. The van der Waals surface area contributed by atoms with Crippen molar-refractivity contribution in [3.63, 3.8) is 0 Å². The van der Waals surface area contributed by atoms with Gasteiger partial charge in [0.15, 0.2) is 0 Å². The van der Waals surface area contributed by atoms with E-state index >= 15 is 0 Å². The highest BCUT2D eigenvalue weighted by atomic mass is 32.2. The van der Waals surface area contributed by atoms with Gasteiger partial charge >= 0.3 is 0 Å². The Kier molecular flexibility index (Phi) is 8.27. The van der Waals surface area contributed by atoms with Crippen LogP contribution in [0.1, 0.15) is 41.8 Å². The topological polar surface area (TPSA) is 73.0 Å². The normalized spacial score (nSPS) is 22.7. The second kappa shape index (κ2) is 11.2. The fourth-order valence-electron chi connectivity index (χ4n) is 5.14. The van der Waals surface area contributed by atoms with Crippen molar-refractivity contribution in [2.24, 2.45) is 11.8 Å². The average Bonchev–Trinajstić information content (AvgIpc) is 2.84. The fourth-order valence-corrected chi connectivity index (χ4v) is 6.86. The number of benzene rings is 2. The van der Waals surface area contributed by atoms with Crippen LogP contribution in [-0.2, 0) is 23.1 Å². The molecule has 7 nitrogen and oxygen atoms in total. The number of amides is 1. The summed E-state index contributed by atoms with van der Waals surface area (Å²) in [6.45, 7) is 10.8. The Morgan fingerprint density at radius 1 is 0.943 bits per heavy atom. The van der Waals surface area contributed by atoms with Crippen LogP contribution in [0.15, 0.2) is 53.4 Å². The van der Waals surface area contributed by atoms with E-state index in [0.717, 1.165) is 44.7 Å². The van der Waals surface area contributed by atoms with Crippen molar-refractivity contribution in [3.05, 3.63) is 65.2 Å². The number of sulfonamides is 1. The van der Waals surface area contributed by atoms with Crippen LogP contribution in [0.2, 0.25) is 0 Å². The molecule has 2 aromatic carbocycles. The van der Waals surface area contributed by atoms with E-state index in [9.17, 15) is 13.2 Å². The zero-order chi connectivity index (χ0) is 25.0. The van der Waals surface area contributed by atoms with Crippen molar-refractivity contribution in [2.75, 3.05) is 46.3 Å². The van der Waals surface area contributed by atoms with E-state index in [2.05, 4.69) is 48.1 Å². The molecule has 2 unspecified atom stereocenters. The quantitative estimate of drug-likeness (QED) is 0.635. The largest absolute Gasteiger partial charge is 0.348 e. The zero-order valence-corrected chi connectivity index (χ0v) is 21.9. The van der Waals surface area contributed by atoms with Crippen molar-refractivity contribution >= 4 is 15.9 Å². The summed E-state index contributed by atoms with van der Waals surface area (Å²) in [6.07, 6.45) is 1.03. The van der Waals surface area contributed by atoms with Gasteiger partial charge in [0, 0.05) is 57.9 Å². The molecule has 1 N–H and O–H groups in total. The van der Waals surface area contributed by atoms with Crippen molar-refractivity contribution in [1.82, 2.24) is 19.4 Å². The van der Waals surface area contributed by atoms with Crippen LogP contribution in [0.3, 0.4) is 0 Å². The van der Waals surface area contributed by atoms with Crippen molar-refractivity contribution in [3.8, 4) is 0 Å². The average molecular weight is 499 g/mol. The molecule has 2 fully saturated rings. The van der Waals surface area contributed by atoms with Gasteiger partial charge in [-0.3, -0.25) is 9.69 Å². The third-order valence-corrected chi connectivity index (χ3v) is 8.84. The van der Waals surface area contributed by atoms with Crippen LogP contribution in [0, 0.1) is 11.8 Å². The van der Waals surface area contributed by atoms with E-state index in [1.165, 1.54) is 11.6 Å². The summed E-state index contributed by atoms with van der Waals surface area (Å²) in [6, 6.07) is 14.7. The first-order chi connectivity index (χ1) is 16.7. The van der Waals surface area contributed by atoms with E-state index < -0.39 is 10.0 Å². The fraction of sp³-hybridized carbons (Fsp3) is 0.519. The van der Waals surface area contributed by atoms with Gasteiger partial charge < -0.3 is 10.2 Å². The molecule has 190 valence electrons. The molecule has 0 radical (unpaired) electrons. The molecular formula is C27H38N4O3S. The highest BCUT2D eigenvalue weighted by Gasteiger charge is 2.32. The molecule has 35 heavy (non-hydrogen) atoms. The lowest BCUT2D eigenvalue weighted by atomic mass is 9.94. The highest BCUT2D eigenvalue weighted by molar-refractivity contribution is 7.89. The molecule has 2 saturated heterocycles. The standard InChI is InChI=1S/C27H38N4O3S/c1-21-14-22(2)19-31(18-21)35(33,34)26-9-5-8-25(16-26)27(32)28-17-23-6-4-7-24(15-23)20-30-12-10-29(3)11-13-30/h4-9,15-16,21-22H,10-14,17-20H2,1-3H3,(H,28,32). The number of hydrogen-bond donors (Lipinski definition) is 1. The second-order valence-electron chi connectivity index (χ2n) is 10.4. The van der Waals surface area contributed by atoms with Crippen LogP contribution < -0.4 is 5.32 Å². The molecule has 2 heterocycles. The molecule has 1 amide bonds. The van der Waals surface area contributed by atoms with Crippen molar-refractivity contribution in [1.29, 1.82) is 0 Å². The minimum Gasteiger partial charge on any atom is -0.348 e. The first kappa shape index (κ1) is 25.8. The predicted octanol–water partition coefficient (Wildman–Crippen LogP) is 3.03. The minimum absolute atomic E-state index is 0.181. The molecular weight excluding hydrogens is 460 g/mol. The van der Waals surface area contributed by atoms with E-state index in [1.54, 1.807) is 22.5 Å². The van der Waals surface area contributed by atoms with Crippen LogP contribution in [0.5, 0.6) is 0 Å². The van der Waals surface area contributed by atoms with Gasteiger partial charge in [0.05, 0.1) is 4.90 Å². The van der Waals surface area contributed by atoms with Gasteiger partial charge in [0.2, 0.25) is 10.0 Å². The third kappa shape index (κ3) is 6.70. The Balaban J connectivity index is 1.38. The van der Waals surface area contributed by atoms with Crippen LogP contribution in [-0.4, -0.2) is 74.7 Å². The Hall–Kier alpha value is -2.26. The Morgan fingerprint density at radius 2 is 1.60 bits per heavy atom. The molecule has 0 saturated carbocycles. The van der Waals surface area contributed by atoms with Crippen LogP contribution in [0.4, 0.5) is 0 Å². The van der Waals surface area contributed by atoms with Gasteiger partial charge in [-0.15, -0.1) is 0 Å². The number of piperidine rings is 1. The van der Waals surface area contributed by atoms with E-state index in [4.69, 9.17) is 0 Å². The zero-order valence-electron chi connectivity index (χ0n) is 21.1. The molecule has 8 heteroatoms. The SMILES string of the molecule is CC1CC(C)CN(S(=O)(=O)c2cccc(C(=O)NCc3cccc(CN4CCN(C)CC4)c3)c2)C1. The highest BCUT2D eigenvalue weighted by Crippen LogP contribution is 2.27. The summed E-state index contributed by atoms with van der Waals surface area (Å²) in [7, 11) is -1.48. The predicted molar refractivity (Wildman–Crippen MR) is 139 cm³/mol. The van der Waals surface area contributed by atoms with Gasteiger partial charge in [-0.05, 0) is 54.6 Å². The summed E-state index contributed by atoms with van der Waals surface area (Å²) < 4.78 is 28.0. The molecule has 2 atom stereocenters. The lowest BCUT2D eigenvalue weighted by Gasteiger charge is -2.34. The molecule has 0 aliphatic carbocycles. The maximum Gasteiger partial charge on any atom is 0.251 e. The molecule has 2 aliphatic rings. The third-order valence-electron chi connectivity index (χ3n) is 7.02. The molecule has 0 aromatic heterocycles. The molecule has 2 aromatic rings. The van der Waals surface area contributed by atoms with Crippen molar-refractivity contribution < 1.29 is 13.2 Å². The van der Waals surface area contributed by atoms with E-state index in [0.29, 0.717) is 37.0 Å². The summed E-state index contributed by atoms with van der Waals surface area (Å²) in [5.41, 5.74) is 2.63.